The van der Waals surface area contributed by atoms with Gasteiger partial charge >= 0.3 is 0 Å². The summed E-state index contributed by atoms with van der Waals surface area (Å²) in [5.74, 6) is 2.14. The largest absolute Gasteiger partial charge is 0.364 e. The molecular weight excluding hydrogens is 268 g/mol. The molecule has 0 bridgehead atoms. The highest BCUT2D eigenvalue weighted by atomic mass is 16.5. The number of amides is 1. The number of H-pyrrole nitrogens is 1. The van der Waals surface area contributed by atoms with Crippen molar-refractivity contribution in [1.29, 1.82) is 0 Å². The average Bonchev–Trinajstić information content (AvgIpc) is 2.94. The molecule has 1 aliphatic carbocycles. The number of nitrogens with zero attached hydrogens (tertiary/aromatic N) is 3. The van der Waals surface area contributed by atoms with Crippen LogP contribution in [0.2, 0.25) is 0 Å². The second-order valence-corrected chi connectivity index (χ2v) is 6.00. The molecule has 3 heterocycles. The first-order valence-electron chi connectivity index (χ1n) is 7.49. The second-order valence-electron chi connectivity index (χ2n) is 6.00. The first kappa shape index (κ1) is 12.6. The Labute approximate surface area is 122 Å². The highest BCUT2D eigenvalue weighted by Gasteiger charge is 2.35. The molecule has 1 amide bonds. The lowest BCUT2D eigenvalue weighted by atomic mass is 10.1. The summed E-state index contributed by atoms with van der Waals surface area (Å²) >= 11 is 0. The quantitative estimate of drug-likeness (QED) is 0.938. The van der Waals surface area contributed by atoms with Gasteiger partial charge in [0.25, 0.3) is 5.91 Å². The van der Waals surface area contributed by atoms with E-state index in [4.69, 9.17) is 4.52 Å². The van der Waals surface area contributed by atoms with Crippen LogP contribution in [0, 0.1) is 6.92 Å². The molecule has 1 saturated carbocycles. The number of hydrogen-bond donors (Lipinski definition) is 1. The van der Waals surface area contributed by atoms with Gasteiger partial charge in [-0.05, 0) is 38.2 Å². The van der Waals surface area contributed by atoms with Crippen LogP contribution in [0.25, 0.3) is 0 Å². The zero-order chi connectivity index (χ0) is 14.4. The molecule has 4 rings (SSSR count). The minimum absolute atomic E-state index is 0.122. The topological polar surface area (TPSA) is 75.0 Å². The molecule has 1 N–H and O–H groups in total. The van der Waals surface area contributed by atoms with Gasteiger partial charge in [-0.3, -0.25) is 4.79 Å². The maximum Gasteiger partial charge on any atom is 0.255 e. The van der Waals surface area contributed by atoms with Crippen molar-refractivity contribution in [2.24, 2.45) is 0 Å². The maximum atomic E-state index is 12.7. The van der Waals surface area contributed by atoms with Crippen LogP contribution in [0.5, 0.6) is 0 Å². The number of carbonyl (C=O) groups is 1. The molecule has 0 spiro atoms. The molecule has 2 aromatic heterocycles. The third-order valence-electron chi connectivity index (χ3n) is 4.36. The van der Waals surface area contributed by atoms with Crippen molar-refractivity contribution in [3.8, 4) is 0 Å². The number of nitrogens with one attached hydrogen (secondary N) is 1. The van der Waals surface area contributed by atoms with E-state index in [0.717, 1.165) is 24.2 Å². The zero-order valence-corrected chi connectivity index (χ0v) is 12.0. The van der Waals surface area contributed by atoms with Gasteiger partial charge in [0.15, 0.2) is 5.82 Å². The molecule has 2 fully saturated rings. The van der Waals surface area contributed by atoms with Crippen LogP contribution in [0.4, 0.5) is 0 Å². The molecule has 110 valence electrons. The van der Waals surface area contributed by atoms with Crippen molar-refractivity contribution in [3.05, 3.63) is 35.2 Å². The molecule has 6 heteroatoms. The molecular formula is C15H18N4O2. The third-order valence-corrected chi connectivity index (χ3v) is 4.36. The number of aromatic amines is 1. The number of aryl methyl sites for hydroxylation is 1. The van der Waals surface area contributed by atoms with Gasteiger partial charge in [-0.2, -0.15) is 4.98 Å². The normalized spacial score (nSPS) is 22.0. The van der Waals surface area contributed by atoms with Crippen LogP contribution in [0.15, 0.2) is 16.8 Å². The fourth-order valence-electron chi connectivity index (χ4n) is 3.07. The molecule has 21 heavy (non-hydrogen) atoms. The van der Waals surface area contributed by atoms with Gasteiger partial charge < -0.3 is 14.4 Å². The molecule has 6 nitrogen and oxygen atoms in total. The molecule has 1 saturated heterocycles. The van der Waals surface area contributed by atoms with Crippen LogP contribution in [-0.4, -0.2) is 39.0 Å². The number of carbonyl (C=O) groups excluding carboxylic acids is 1. The van der Waals surface area contributed by atoms with Crippen molar-refractivity contribution >= 4 is 5.91 Å². The Morgan fingerprint density at radius 1 is 1.38 bits per heavy atom. The van der Waals surface area contributed by atoms with Crippen molar-refractivity contribution < 1.29 is 9.32 Å². The van der Waals surface area contributed by atoms with E-state index in [0.29, 0.717) is 24.2 Å². The van der Waals surface area contributed by atoms with Crippen molar-refractivity contribution in [2.75, 3.05) is 13.1 Å². The molecule has 0 aromatic carbocycles. The Morgan fingerprint density at radius 2 is 2.24 bits per heavy atom. The van der Waals surface area contributed by atoms with Crippen molar-refractivity contribution in [1.82, 2.24) is 20.0 Å². The SMILES string of the molecule is Cc1noc([C@@H]2CCN(C(=O)c3cc[nH]c3C3CC3)C2)n1. The van der Waals surface area contributed by atoms with Crippen LogP contribution in [0.1, 0.15) is 58.9 Å². The Bertz CT molecular complexity index is 671. The summed E-state index contributed by atoms with van der Waals surface area (Å²) in [7, 11) is 0. The second kappa shape index (κ2) is 4.72. The minimum atomic E-state index is 0.122. The number of likely N-dealkylation sites (tertiary alicyclic amines) is 1. The minimum Gasteiger partial charge on any atom is -0.364 e. The highest BCUT2D eigenvalue weighted by Crippen LogP contribution is 2.41. The van der Waals surface area contributed by atoms with Gasteiger partial charge in [0.1, 0.15) is 0 Å². The van der Waals surface area contributed by atoms with Gasteiger partial charge in [-0.25, -0.2) is 0 Å². The van der Waals surface area contributed by atoms with Crippen LogP contribution in [-0.2, 0) is 0 Å². The van der Waals surface area contributed by atoms with Crippen molar-refractivity contribution in [3.63, 3.8) is 0 Å². The van der Waals surface area contributed by atoms with Gasteiger partial charge in [-0.15, -0.1) is 0 Å². The molecule has 2 aromatic rings. The summed E-state index contributed by atoms with van der Waals surface area (Å²) in [5.41, 5.74) is 1.94. The highest BCUT2D eigenvalue weighted by molar-refractivity contribution is 5.96. The lowest BCUT2D eigenvalue weighted by Gasteiger charge is -2.16. The molecule has 1 atom stereocenters. The first-order chi connectivity index (χ1) is 10.2. The van der Waals surface area contributed by atoms with Crippen LogP contribution < -0.4 is 0 Å². The third kappa shape index (κ3) is 2.24. The summed E-state index contributed by atoms with van der Waals surface area (Å²) in [6, 6.07) is 1.90. The molecule has 2 aliphatic rings. The Morgan fingerprint density at radius 3 is 2.95 bits per heavy atom. The zero-order valence-electron chi connectivity index (χ0n) is 12.0. The van der Waals surface area contributed by atoms with E-state index in [1.54, 1.807) is 0 Å². The van der Waals surface area contributed by atoms with E-state index in [1.807, 2.05) is 24.1 Å². The fraction of sp³-hybridized carbons (Fsp3) is 0.533. The first-order valence-corrected chi connectivity index (χ1v) is 7.49. The van der Waals surface area contributed by atoms with E-state index < -0.39 is 0 Å². The Hall–Kier alpha value is -2.11. The predicted molar refractivity (Wildman–Crippen MR) is 75.1 cm³/mol. The average molecular weight is 286 g/mol. The monoisotopic (exact) mass is 286 g/mol. The van der Waals surface area contributed by atoms with Crippen LogP contribution in [0.3, 0.4) is 0 Å². The van der Waals surface area contributed by atoms with Crippen LogP contribution >= 0.6 is 0 Å². The molecule has 0 radical (unpaired) electrons. The molecule has 1 aliphatic heterocycles. The predicted octanol–water partition coefficient (Wildman–Crippen LogP) is 2.21. The van der Waals surface area contributed by atoms with E-state index >= 15 is 0 Å². The number of rotatable bonds is 3. The summed E-state index contributed by atoms with van der Waals surface area (Å²) in [6.45, 7) is 3.22. The Balaban J connectivity index is 1.50. The van der Waals surface area contributed by atoms with Gasteiger partial charge in [0, 0.05) is 25.0 Å². The van der Waals surface area contributed by atoms with Gasteiger partial charge in [-0.1, -0.05) is 5.16 Å². The van der Waals surface area contributed by atoms with E-state index in [-0.39, 0.29) is 11.8 Å². The number of hydrogen-bond acceptors (Lipinski definition) is 4. The van der Waals surface area contributed by atoms with Gasteiger partial charge in [0.2, 0.25) is 5.89 Å². The standard InChI is InChI=1S/C15H18N4O2/c1-9-17-14(21-18-9)11-5-7-19(8-11)15(20)12-4-6-16-13(12)10-2-3-10/h4,6,10-11,16H,2-3,5,7-8H2,1H3/t11-/m1/s1. The summed E-state index contributed by atoms with van der Waals surface area (Å²) in [6.07, 6.45) is 5.13. The fourth-order valence-corrected chi connectivity index (χ4v) is 3.07. The molecule has 0 unspecified atom stereocenters. The van der Waals surface area contributed by atoms with Gasteiger partial charge in [0.05, 0.1) is 11.5 Å². The summed E-state index contributed by atoms with van der Waals surface area (Å²) in [4.78, 5) is 22.1. The summed E-state index contributed by atoms with van der Waals surface area (Å²) < 4.78 is 5.23. The van der Waals surface area contributed by atoms with E-state index in [2.05, 4.69) is 15.1 Å². The number of aromatic nitrogens is 3. The maximum absolute atomic E-state index is 12.7. The summed E-state index contributed by atoms with van der Waals surface area (Å²) in [5, 5.41) is 3.83. The lowest BCUT2D eigenvalue weighted by Crippen LogP contribution is -2.28. The van der Waals surface area contributed by atoms with Crippen molar-refractivity contribution in [2.45, 2.75) is 38.0 Å². The Kier molecular flexibility index (Phi) is 2.83. The van der Waals surface area contributed by atoms with E-state index in [1.165, 1.54) is 12.8 Å². The smallest absolute Gasteiger partial charge is 0.255 e. The van der Waals surface area contributed by atoms with E-state index in [9.17, 15) is 4.79 Å². The lowest BCUT2D eigenvalue weighted by molar-refractivity contribution is 0.0788.